The minimum atomic E-state index is 0.171. The summed E-state index contributed by atoms with van der Waals surface area (Å²) in [6.45, 7) is 1.89. The average Bonchev–Trinajstić information content (AvgIpc) is 2.98. The van der Waals surface area contributed by atoms with E-state index in [0.717, 1.165) is 42.7 Å². The van der Waals surface area contributed by atoms with Crippen molar-refractivity contribution < 1.29 is 4.79 Å². The van der Waals surface area contributed by atoms with Crippen molar-refractivity contribution in [2.45, 2.75) is 18.9 Å². The van der Waals surface area contributed by atoms with Crippen molar-refractivity contribution in [3.05, 3.63) is 24.5 Å². The predicted octanol–water partition coefficient (Wildman–Crippen LogP) is 2.01. The number of fused-ring (bicyclic) bond motifs is 1. The summed E-state index contributed by atoms with van der Waals surface area (Å²) in [5.41, 5.74) is 1.80. The quantitative estimate of drug-likeness (QED) is 0.907. The number of pyridine rings is 1. The number of hydrogen-bond acceptors (Lipinski definition) is 4. The van der Waals surface area contributed by atoms with Gasteiger partial charge in [0.15, 0.2) is 0 Å². The number of carbonyl (C=O) groups is 1. The third-order valence-electron chi connectivity index (χ3n) is 3.87. The standard InChI is InChI=1S/C15H20N4OS/c1-21-10-14(20)19(11-3-2-6-16-9-11)13-5-8-18-15-12(13)4-7-17-15/h4-5,7-8,11,16H,2-3,6,9-10H2,1H3,(H,17,18). The van der Waals surface area contributed by atoms with Gasteiger partial charge in [-0.05, 0) is 37.8 Å². The molecule has 2 aromatic rings. The van der Waals surface area contributed by atoms with Crippen LogP contribution in [0.4, 0.5) is 5.69 Å². The molecule has 1 aliphatic rings. The topological polar surface area (TPSA) is 61.0 Å². The lowest BCUT2D eigenvalue weighted by Crippen LogP contribution is -2.49. The van der Waals surface area contributed by atoms with E-state index < -0.39 is 0 Å². The fraction of sp³-hybridized carbons (Fsp3) is 0.467. The zero-order valence-electron chi connectivity index (χ0n) is 12.1. The van der Waals surface area contributed by atoms with E-state index in [4.69, 9.17) is 0 Å². The summed E-state index contributed by atoms with van der Waals surface area (Å²) < 4.78 is 0. The number of nitrogens with zero attached hydrogens (tertiary/aromatic N) is 2. The van der Waals surface area contributed by atoms with E-state index in [0.29, 0.717) is 5.75 Å². The summed E-state index contributed by atoms with van der Waals surface area (Å²) in [7, 11) is 0. The smallest absolute Gasteiger partial charge is 0.237 e. The van der Waals surface area contributed by atoms with Crippen LogP contribution in [0.15, 0.2) is 24.5 Å². The summed E-state index contributed by atoms with van der Waals surface area (Å²) in [6, 6.07) is 4.16. The van der Waals surface area contributed by atoms with Crippen molar-refractivity contribution in [3.63, 3.8) is 0 Å². The monoisotopic (exact) mass is 304 g/mol. The molecular formula is C15H20N4OS. The molecule has 2 N–H and O–H groups in total. The van der Waals surface area contributed by atoms with E-state index in [1.54, 1.807) is 18.0 Å². The molecule has 21 heavy (non-hydrogen) atoms. The van der Waals surface area contributed by atoms with E-state index in [9.17, 15) is 4.79 Å². The molecule has 112 valence electrons. The van der Waals surface area contributed by atoms with Crippen LogP contribution in [0.3, 0.4) is 0 Å². The van der Waals surface area contributed by atoms with Crippen LogP contribution in [0.2, 0.25) is 0 Å². The summed E-state index contributed by atoms with van der Waals surface area (Å²) in [4.78, 5) is 22.1. The van der Waals surface area contributed by atoms with Crippen LogP contribution < -0.4 is 10.2 Å². The van der Waals surface area contributed by atoms with Gasteiger partial charge in [0.2, 0.25) is 5.91 Å². The maximum atomic E-state index is 12.7. The molecule has 1 unspecified atom stereocenters. The van der Waals surface area contributed by atoms with Gasteiger partial charge in [0, 0.05) is 30.4 Å². The number of thioether (sulfide) groups is 1. The molecule has 0 aromatic carbocycles. The first-order valence-corrected chi connectivity index (χ1v) is 8.64. The van der Waals surface area contributed by atoms with Gasteiger partial charge in [0.05, 0.1) is 11.4 Å². The van der Waals surface area contributed by atoms with Gasteiger partial charge in [-0.1, -0.05) is 0 Å². The number of H-pyrrole nitrogens is 1. The molecule has 6 heteroatoms. The Kier molecular flexibility index (Phi) is 4.45. The third-order valence-corrected chi connectivity index (χ3v) is 4.40. The van der Waals surface area contributed by atoms with Gasteiger partial charge in [-0.2, -0.15) is 11.8 Å². The Bertz CT molecular complexity index is 621. The normalized spacial score (nSPS) is 18.8. The second-order valence-corrected chi connectivity index (χ2v) is 6.13. The lowest BCUT2D eigenvalue weighted by Gasteiger charge is -2.35. The number of anilines is 1. The number of amides is 1. The highest BCUT2D eigenvalue weighted by atomic mass is 32.2. The van der Waals surface area contributed by atoms with E-state index >= 15 is 0 Å². The van der Waals surface area contributed by atoms with Gasteiger partial charge in [-0.3, -0.25) is 4.79 Å². The van der Waals surface area contributed by atoms with Gasteiger partial charge in [0.1, 0.15) is 5.65 Å². The second-order valence-electron chi connectivity index (χ2n) is 5.27. The molecule has 1 atom stereocenters. The van der Waals surface area contributed by atoms with Crippen molar-refractivity contribution >= 4 is 34.4 Å². The number of hydrogen-bond donors (Lipinski definition) is 2. The maximum Gasteiger partial charge on any atom is 0.237 e. The molecule has 5 nitrogen and oxygen atoms in total. The minimum Gasteiger partial charge on any atom is -0.346 e. The number of nitrogens with one attached hydrogen (secondary N) is 2. The minimum absolute atomic E-state index is 0.171. The number of aromatic amines is 1. The van der Waals surface area contributed by atoms with Crippen LogP contribution >= 0.6 is 11.8 Å². The van der Waals surface area contributed by atoms with Crippen molar-refractivity contribution in [1.82, 2.24) is 15.3 Å². The van der Waals surface area contributed by atoms with Gasteiger partial charge in [-0.25, -0.2) is 4.98 Å². The molecule has 0 bridgehead atoms. The Morgan fingerprint density at radius 1 is 1.52 bits per heavy atom. The second kappa shape index (κ2) is 6.49. The average molecular weight is 304 g/mol. The first-order valence-electron chi connectivity index (χ1n) is 7.25. The van der Waals surface area contributed by atoms with Crippen LogP contribution in [0.25, 0.3) is 11.0 Å². The molecule has 1 fully saturated rings. The largest absolute Gasteiger partial charge is 0.346 e. The first-order chi connectivity index (χ1) is 10.3. The number of aromatic nitrogens is 2. The van der Waals surface area contributed by atoms with Crippen LogP contribution in [-0.2, 0) is 4.79 Å². The van der Waals surface area contributed by atoms with Gasteiger partial charge >= 0.3 is 0 Å². The number of carbonyl (C=O) groups excluding carboxylic acids is 1. The van der Waals surface area contributed by atoms with Gasteiger partial charge in [0.25, 0.3) is 0 Å². The summed E-state index contributed by atoms with van der Waals surface area (Å²) >= 11 is 1.57. The fourth-order valence-corrected chi connectivity index (χ4v) is 3.32. The predicted molar refractivity (Wildman–Crippen MR) is 87.9 cm³/mol. The molecule has 0 saturated carbocycles. The molecule has 0 spiro atoms. The van der Waals surface area contributed by atoms with E-state index in [1.807, 2.05) is 29.5 Å². The van der Waals surface area contributed by atoms with E-state index in [1.165, 1.54) is 0 Å². The molecule has 1 aliphatic heterocycles. The highest BCUT2D eigenvalue weighted by Gasteiger charge is 2.27. The Labute approximate surface area is 128 Å². The highest BCUT2D eigenvalue weighted by molar-refractivity contribution is 7.99. The highest BCUT2D eigenvalue weighted by Crippen LogP contribution is 2.28. The summed E-state index contributed by atoms with van der Waals surface area (Å²) in [6.07, 6.45) is 7.76. The van der Waals surface area contributed by atoms with Crippen molar-refractivity contribution in [2.24, 2.45) is 0 Å². The Balaban J connectivity index is 2.01. The lowest BCUT2D eigenvalue weighted by atomic mass is 10.0. The maximum absolute atomic E-state index is 12.7. The lowest BCUT2D eigenvalue weighted by molar-refractivity contribution is -0.116. The van der Waals surface area contributed by atoms with Crippen LogP contribution in [0, 0.1) is 0 Å². The Hall–Kier alpha value is -1.53. The van der Waals surface area contributed by atoms with Crippen molar-refractivity contribution in [1.29, 1.82) is 0 Å². The molecule has 3 heterocycles. The molecule has 0 aliphatic carbocycles. The Morgan fingerprint density at radius 2 is 2.43 bits per heavy atom. The molecule has 1 saturated heterocycles. The molecule has 0 radical (unpaired) electrons. The third kappa shape index (κ3) is 2.91. The Morgan fingerprint density at radius 3 is 3.19 bits per heavy atom. The van der Waals surface area contributed by atoms with E-state index in [-0.39, 0.29) is 11.9 Å². The zero-order valence-corrected chi connectivity index (χ0v) is 12.9. The van der Waals surface area contributed by atoms with Crippen LogP contribution in [0.1, 0.15) is 12.8 Å². The zero-order chi connectivity index (χ0) is 14.7. The van der Waals surface area contributed by atoms with Gasteiger partial charge < -0.3 is 15.2 Å². The molecular weight excluding hydrogens is 284 g/mol. The van der Waals surface area contributed by atoms with Crippen LogP contribution in [-0.4, -0.2) is 47.0 Å². The summed E-state index contributed by atoms with van der Waals surface area (Å²) in [5.74, 6) is 0.676. The van der Waals surface area contributed by atoms with Gasteiger partial charge in [-0.15, -0.1) is 0 Å². The fourth-order valence-electron chi connectivity index (χ4n) is 2.94. The number of rotatable bonds is 4. The summed E-state index contributed by atoms with van der Waals surface area (Å²) in [5, 5.41) is 4.41. The number of piperidine rings is 1. The molecule has 2 aromatic heterocycles. The molecule has 3 rings (SSSR count). The van der Waals surface area contributed by atoms with E-state index in [2.05, 4.69) is 15.3 Å². The van der Waals surface area contributed by atoms with Crippen molar-refractivity contribution in [2.75, 3.05) is 30.0 Å². The molecule has 1 amide bonds. The van der Waals surface area contributed by atoms with Crippen molar-refractivity contribution in [3.8, 4) is 0 Å². The van der Waals surface area contributed by atoms with Crippen LogP contribution in [0.5, 0.6) is 0 Å². The SMILES string of the molecule is CSCC(=O)N(c1ccnc2[nH]ccc12)C1CCCNC1. The first kappa shape index (κ1) is 14.4.